The number of rotatable bonds is 8. The van der Waals surface area contributed by atoms with Crippen LogP contribution in [0.2, 0.25) is 5.02 Å². The number of carbonyl (C=O) groups is 2. The molecule has 4 aromatic rings. The van der Waals surface area contributed by atoms with Crippen LogP contribution in [0.5, 0.6) is 11.5 Å². The fourth-order valence-electron chi connectivity index (χ4n) is 3.75. The second-order valence-corrected chi connectivity index (χ2v) is 11.2. The average molecular weight is 566 g/mol. The fraction of sp³-hybridized carbons (Fsp3) is 0.0714. The van der Waals surface area contributed by atoms with E-state index in [0.29, 0.717) is 16.3 Å². The predicted molar refractivity (Wildman–Crippen MR) is 148 cm³/mol. The molecule has 0 unspecified atom stereocenters. The number of hydrogen-bond acceptors (Lipinski definition) is 7. The Labute approximate surface area is 228 Å². The molecule has 4 aromatic carbocycles. The van der Waals surface area contributed by atoms with Crippen LogP contribution in [-0.2, 0) is 14.9 Å². The smallest absolute Gasteiger partial charge is 0.339 e. The van der Waals surface area contributed by atoms with E-state index in [2.05, 4.69) is 0 Å². The number of hydrogen-bond donors (Lipinski definition) is 0. The molecule has 0 atom stereocenters. The minimum atomic E-state index is -4.04. The van der Waals surface area contributed by atoms with Crippen molar-refractivity contribution in [3.63, 3.8) is 0 Å². The summed E-state index contributed by atoms with van der Waals surface area (Å²) in [5.41, 5.74) is 0.614. The van der Waals surface area contributed by atoms with Gasteiger partial charge in [0, 0.05) is 5.02 Å². The predicted octanol–water partition coefficient (Wildman–Crippen LogP) is 6.38. The molecule has 5 rings (SSSR count). The van der Waals surface area contributed by atoms with E-state index < -0.39 is 16.0 Å². The molecule has 0 bridgehead atoms. The Morgan fingerprint density at radius 2 is 1.53 bits per heavy atom. The lowest BCUT2D eigenvalue weighted by Crippen LogP contribution is -2.32. The van der Waals surface area contributed by atoms with Crippen molar-refractivity contribution < 1.29 is 26.9 Å². The van der Waals surface area contributed by atoms with Gasteiger partial charge < -0.3 is 8.92 Å². The van der Waals surface area contributed by atoms with Crippen molar-refractivity contribution in [3.8, 4) is 11.5 Å². The van der Waals surface area contributed by atoms with Gasteiger partial charge in [0.05, 0.1) is 11.4 Å². The molecule has 1 aliphatic rings. The van der Waals surface area contributed by atoms with Gasteiger partial charge in [0.15, 0.2) is 0 Å². The summed E-state index contributed by atoms with van der Waals surface area (Å²) < 4.78 is 36.4. The molecule has 0 aliphatic carbocycles. The minimum Gasteiger partial charge on any atom is -0.492 e. The first-order chi connectivity index (χ1) is 18.3. The van der Waals surface area contributed by atoms with Gasteiger partial charge in [-0.05, 0) is 82.7 Å². The fourth-order valence-corrected chi connectivity index (χ4v) is 5.70. The molecule has 1 heterocycles. The van der Waals surface area contributed by atoms with Crippen LogP contribution < -0.4 is 8.92 Å². The van der Waals surface area contributed by atoms with Crippen LogP contribution in [0.25, 0.3) is 16.8 Å². The van der Waals surface area contributed by atoms with Gasteiger partial charge >= 0.3 is 10.1 Å². The summed E-state index contributed by atoms with van der Waals surface area (Å²) in [7, 11) is -4.04. The van der Waals surface area contributed by atoms with E-state index in [1.165, 1.54) is 18.2 Å². The number of carbonyl (C=O) groups excluding carboxylic acids is 2. The first-order valence-electron chi connectivity index (χ1n) is 11.5. The number of amides is 2. The van der Waals surface area contributed by atoms with Crippen molar-refractivity contribution in [1.29, 1.82) is 0 Å². The quantitative estimate of drug-likeness (QED) is 0.181. The van der Waals surface area contributed by atoms with Crippen molar-refractivity contribution in [2.45, 2.75) is 4.90 Å². The van der Waals surface area contributed by atoms with Crippen molar-refractivity contribution in [2.75, 3.05) is 13.2 Å². The normalized spacial score (nSPS) is 14.9. The van der Waals surface area contributed by atoms with E-state index in [1.807, 2.05) is 24.3 Å². The molecule has 7 nitrogen and oxygen atoms in total. The summed E-state index contributed by atoms with van der Waals surface area (Å²) in [5, 5.41) is 1.91. The summed E-state index contributed by atoms with van der Waals surface area (Å²) in [4.78, 5) is 26.6. The van der Waals surface area contributed by atoms with E-state index >= 15 is 0 Å². The maximum Gasteiger partial charge on any atom is 0.339 e. The third-order valence-corrected chi connectivity index (χ3v) is 8.07. The third-order valence-electron chi connectivity index (χ3n) is 5.66. The Kier molecular flexibility index (Phi) is 7.42. The second-order valence-electron chi connectivity index (χ2n) is 8.25. The molecule has 0 aromatic heterocycles. The molecule has 38 heavy (non-hydrogen) atoms. The molecule has 1 fully saturated rings. The Hall–Kier alpha value is -3.79. The van der Waals surface area contributed by atoms with Crippen molar-refractivity contribution in [2.24, 2.45) is 0 Å². The summed E-state index contributed by atoms with van der Waals surface area (Å²) in [5.74, 6) is 0.295. The number of nitrogens with zero attached hydrogens (tertiary/aromatic N) is 1. The lowest BCUT2D eigenvalue weighted by atomic mass is 10.1. The van der Waals surface area contributed by atoms with Gasteiger partial charge in [-0.25, -0.2) is 0 Å². The summed E-state index contributed by atoms with van der Waals surface area (Å²) >= 11 is 6.69. The van der Waals surface area contributed by atoms with E-state index in [9.17, 15) is 18.0 Å². The molecule has 2 amide bonds. The number of imide groups is 1. The first-order valence-corrected chi connectivity index (χ1v) is 14.1. The molecule has 0 spiro atoms. The van der Waals surface area contributed by atoms with Crippen LogP contribution in [0, 0.1) is 0 Å². The van der Waals surface area contributed by atoms with Gasteiger partial charge in [-0.1, -0.05) is 54.1 Å². The Bertz CT molecular complexity index is 1650. The average Bonchev–Trinajstić information content (AvgIpc) is 3.17. The van der Waals surface area contributed by atoms with Gasteiger partial charge in [-0.2, -0.15) is 8.42 Å². The SMILES string of the molecule is O=C1S/C(=C\c2ccc(OS(=O)(=O)c3ccc4ccccc4c3)cc2)C(=O)N1CCOc1ccc(Cl)cc1. The highest BCUT2D eigenvalue weighted by Crippen LogP contribution is 2.32. The number of halogens is 1. The summed E-state index contributed by atoms with van der Waals surface area (Å²) in [6.45, 7) is 0.245. The number of ether oxygens (including phenoxy) is 1. The van der Waals surface area contributed by atoms with Gasteiger partial charge in [-0.3, -0.25) is 14.5 Å². The monoisotopic (exact) mass is 565 g/mol. The minimum absolute atomic E-state index is 0.0500. The molecular weight excluding hydrogens is 546 g/mol. The van der Waals surface area contributed by atoms with E-state index in [1.54, 1.807) is 54.6 Å². The maximum absolute atomic E-state index is 12.8. The van der Waals surface area contributed by atoms with Gasteiger partial charge in [0.25, 0.3) is 11.1 Å². The van der Waals surface area contributed by atoms with Crippen molar-refractivity contribution in [3.05, 3.63) is 106 Å². The summed E-state index contributed by atoms with van der Waals surface area (Å²) in [6, 6.07) is 25.2. The lowest BCUT2D eigenvalue weighted by molar-refractivity contribution is -0.123. The molecule has 0 N–H and O–H groups in total. The molecule has 1 saturated heterocycles. The van der Waals surface area contributed by atoms with Crippen LogP contribution in [0.1, 0.15) is 5.56 Å². The van der Waals surface area contributed by atoms with E-state index in [4.69, 9.17) is 20.5 Å². The van der Waals surface area contributed by atoms with Crippen LogP contribution in [0.4, 0.5) is 4.79 Å². The van der Waals surface area contributed by atoms with E-state index in [-0.39, 0.29) is 33.9 Å². The highest BCUT2D eigenvalue weighted by Gasteiger charge is 2.34. The van der Waals surface area contributed by atoms with Crippen molar-refractivity contribution >= 4 is 61.5 Å². The second kappa shape index (κ2) is 10.9. The molecular formula is C28H20ClNO6S2. The van der Waals surface area contributed by atoms with Gasteiger partial charge in [0.1, 0.15) is 23.0 Å². The van der Waals surface area contributed by atoms with Crippen LogP contribution in [0.3, 0.4) is 0 Å². The van der Waals surface area contributed by atoms with Crippen LogP contribution in [-0.4, -0.2) is 37.6 Å². The molecule has 10 heteroatoms. The Balaban J connectivity index is 1.22. The third kappa shape index (κ3) is 5.85. The number of benzene rings is 4. The van der Waals surface area contributed by atoms with Crippen LogP contribution in [0.15, 0.2) is 101 Å². The van der Waals surface area contributed by atoms with Gasteiger partial charge in [-0.15, -0.1) is 0 Å². The first kappa shape index (κ1) is 25.8. The number of fused-ring (bicyclic) bond motifs is 1. The zero-order chi connectivity index (χ0) is 26.7. The lowest BCUT2D eigenvalue weighted by Gasteiger charge is -2.13. The van der Waals surface area contributed by atoms with Crippen molar-refractivity contribution in [1.82, 2.24) is 4.90 Å². The largest absolute Gasteiger partial charge is 0.492 e. The Morgan fingerprint density at radius 3 is 2.26 bits per heavy atom. The zero-order valence-electron chi connectivity index (χ0n) is 19.7. The molecule has 1 aliphatic heterocycles. The Morgan fingerprint density at radius 1 is 0.842 bits per heavy atom. The molecule has 192 valence electrons. The summed E-state index contributed by atoms with van der Waals surface area (Å²) in [6.07, 6.45) is 1.58. The standard InChI is InChI=1S/C28H20ClNO6S2/c29-22-8-12-23(13-9-22)35-16-15-30-27(31)26(37-28(30)32)17-19-5-10-24(11-6-19)36-38(33,34)25-14-7-20-3-1-2-4-21(20)18-25/h1-14,17-18H,15-16H2/b26-17-. The topological polar surface area (TPSA) is 90.0 Å². The molecule has 0 saturated carbocycles. The zero-order valence-corrected chi connectivity index (χ0v) is 22.1. The van der Waals surface area contributed by atoms with E-state index in [0.717, 1.165) is 27.4 Å². The maximum atomic E-state index is 12.8. The molecule has 0 radical (unpaired) electrons. The highest BCUT2D eigenvalue weighted by atomic mass is 35.5. The van der Waals surface area contributed by atoms with Gasteiger partial charge in [0.2, 0.25) is 0 Å². The number of thioether (sulfide) groups is 1. The highest BCUT2D eigenvalue weighted by molar-refractivity contribution is 8.18. The van der Waals surface area contributed by atoms with Crippen LogP contribution >= 0.6 is 23.4 Å².